The zero-order chi connectivity index (χ0) is 10.7. The van der Waals surface area contributed by atoms with Crippen LogP contribution in [0.25, 0.3) is 0 Å². The van der Waals surface area contributed by atoms with Gasteiger partial charge in [0.15, 0.2) is 0 Å². The average Bonchev–Trinajstić information content (AvgIpc) is 1.78. The van der Waals surface area contributed by atoms with Crippen LogP contribution in [0.4, 0.5) is 0 Å². The van der Waals surface area contributed by atoms with E-state index in [9.17, 15) is 5.11 Å². The summed E-state index contributed by atoms with van der Waals surface area (Å²) >= 11 is 0. The van der Waals surface area contributed by atoms with E-state index in [1.807, 2.05) is 39.3 Å². The highest BCUT2D eigenvalue weighted by Crippen LogP contribution is 2.10. The Balaban J connectivity index is 4.05. The first kappa shape index (κ1) is 12.6. The summed E-state index contributed by atoms with van der Waals surface area (Å²) in [7, 11) is -3.30. The summed E-state index contributed by atoms with van der Waals surface area (Å²) in [6.45, 7) is 12.2. The van der Waals surface area contributed by atoms with Crippen LogP contribution < -0.4 is 0 Å². The lowest BCUT2D eigenvalue weighted by Gasteiger charge is -2.20. The summed E-state index contributed by atoms with van der Waals surface area (Å²) < 4.78 is 10.6. The number of rotatable bonds is 4. The van der Waals surface area contributed by atoms with Crippen molar-refractivity contribution in [1.29, 1.82) is 0 Å². The molecule has 0 aliphatic carbocycles. The number of aliphatic hydroxyl groups excluding tert-OH is 1. The second-order valence-electron chi connectivity index (χ2n) is 4.90. The SMILES string of the molecule is C[Si](C)(C)O/C=C(/O)O[Si](C)(C)C. The monoisotopic (exact) mass is 220 g/mol. The highest BCUT2D eigenvalue weighted by atomic mass is 28.4. The van der Waals surface area contributed by atoms with Crippen molar-refractivity contribution in [3.63, 3.8) is 0 Å². The highest BCUT2D eigenvalue weighted by molar-refractivity contribution is 6.70. The van der Waals surface area contributed by atoms with Gasteiger partial charge in [0.25, 0.3) is 5.95 Å². The van der Waals surface area contributed by atoms with Gasteiger partial charge in [-0.2, -0.15) is 0 Å². The molecule has 0 saturated carbocycles. The van der Waals surface area contributed by atoms with Crippen molar-refractivity contribution in [3.8, 4) is 0 Å². The van der Waals surface area contributed by atoms with Crippen molar-refractivity contribution in [3.05, 3.63) is 12.2 Å². The fourth-order valence-corrected chi connectivity index (χ4v) is 1.69. The number of hydrogen-bond acceptors (Lipinski definition) is 3. The smallest absolute Gasteiger partial charge is 0.297 e. The molecule has 0 rings (SSSR count). The second kappa shape index (κ2) is 4.19. The molecular weight excluding hydrogens is 200 g/mol. The molecule has 0 atom stereocenters. The van der Waals surface area contributed by atoms with Crippen LogP contribution in [0.15, 0.2) is 12.2 Å². The van der Waals surface area contributed by atoms with E-state index >= 15 is 0 Å². The molecule has 0 aromatic carbocycles. The molecule has 0 aromatic heterocycles. The molecule has 5 heteroatoms. The molecule has 0 amide bonds. The Labute approximate surface area is 82.6 Å². The molecule has 0 aliphatic heterocycles. The van der Waals surface area contributed by atoms with Crippen LogP contribution >= 0.6 is 0 Å². The maximum Gasteiger partial charge on any atom is 0.297 e. The summed E-state index contributed by atoms with van der Waals surface area (Å²) in [4.78, 5) is 0. The second-order valence-corrected chi connectivity index (χ2v) is 13.8. The number of aliphatic hydroxyl groups is 1. The quantitative estimate of drug-likeness (QED) is 0.584. The van der Waals surface area contributed by atoms with Crippen molar-refractivity contribution >= 4 is 16.6 Å². The van der Waals surface area contributed by atoms with Gasteiger partial charge < -0.3 is 14.0 Å². The maximum absolute atomic E-state index is 9.32. The Hall–Kier alpha value is -0.426. The minimum atomic E-state index is -1.70. The first-order valence-electron chi connectivity index (χ1n) is 4.36. The van der Waals surface area contributed by atoms with Gasteiger partial charge in [-0.3, -0.25) is 0 Å². The first-order chi connectivity index (χ1) is 5.60. The molecule has 0 spiro atoms. The lowest BCUT2D eigenvalue weighted by atomic mass is 11.0. The molecular formula is C8H20O3Si2. The van der Waals surface area contributed by atoms with Gasteiger partial charge in [-0.15, -0.1) is 0 Å². The molecule has 0 heterocycles. The molecule has 0 aliphatic rings. The summed E-state index contributed by atoms with van der Waals surface area (Å²) in [5, 5.41) is 9.32. The lowest BCUT2D eigenvalue weighted by molar-refractivity contribution is 0.186. The van der Waals surface area contributed by atoms with E-state index in [0.717, 1.165) is 0 Å². The summed E-state index contributed by atoms with van der Waals surface area (Å²) in [6, 6.07) is 0. The van der Waals surface area contributed by atoms with Gasteiger partial charge in [0.2, 0.25) is 16.6 Å². The van der Waals surface area contributed by atoms with Gasteiger partial charge in [0.05, 0.1) is 0 Å². The molecule has 13 heavy (non-hydrogen) atoms. The van der Waals surface area contributed by atoms with Crippen molar-refractivity contribution in [2.45, 2.75) is 39.3 Å². The molecule has 3 nitrogen and oxygen atoms in total. The van der Waals surface area contributed by atoms with Crippen LogP contribution in [-0.4, -0.2) is 21.7 Å². The van der Waals surface area contributed by atoms with E-state index in [1.54, 1.807) is 0 Å². The van der Waals surface area contributed by atoms with Crippen LogP contribution in [0.3, 0.4) is 0 Å². The van der Waals surface area contributed by atoms with Crippen molar-refractivity contribution in [1.82, 2.24) is 0 Å². The molecule has 0 radical (unpaired) electrons. The fraction of sp³-hybridized carbons (Fsp3) is 0.750. The van der Waals surface area contributed by atoms with Crippen LogP contribution in [-0.2, 0) is 8.85 Å². The van der Waals surface area contributed by atoms with E-state index in [0.29, 0.717) is 0 Å². The fourth-order valence-electron chi connectivity index (χ4n) is 0.565. The molecule has 0 unspecified atom stereocenters. The Morgan fingerprint density at radius 2 is 1.46 bits per heavy atom. The van der Waals surface area contributed by atoms with Crippen LogP contribution in [0, 0.1) is 0 Å². The Bertz CT molecular complexity index is 189. The van der Waals surface area contributed by atoms with Crippen LogP contribution in [0.5, 0.6) is 0 Å². The zero-order valence-electron chi connectivity index (χ0n) is 9.34. The molecule has 0 bridgehead atoms. The molecule has 78 valence electrons. The summed E-state index contributed by atoms with van der Waals surface area (Å²) in [6.07, 6.45) is 1.32. The zero-order valence-corrected chi connectivity index (χ0v) is 11.3. The van der Waals surface area contributed by atoms with E-state index in [4.69, 9.17) is 8.85 Å². The third-order valence-corrected chi connectivity index (χ3v) is 2.57. The van der Waals surface area contributed by atoms with Gasteiger partial charge in [0.1, 0.15) is 6.26 Å². The predicted molar refractivity (Wildman–Crippen MR) is 59.6 cm³/mol. The third-order valence-electron chi connectivity index (χ3n) is 0.924. The molecule has 0 saturated heterocycles. The molecule has 1 N–H and O–H groups in total. The van der Waals surface area contributed by atoms with Gasteiger partial charge >= 0.3 is 0 Å². The standard InChI is InChI=1S/C8H20O3Si2/c1-12(2,3)10-7-8(9)11-13(4,5)6/h7,9H,1-6H3/b8-7-. The van der Waals surface area contributed by atoms with E-state index in [2.05, 4.69) is 0 Å². The summed E-state index contributed by atoms with van der Waals surface area (Å²) in [5.41, 5.74) is 0. The van der Waals surface area contributed by atoms with E-state index < -0.39 is 16.6 Å². The maximum atomic E-state index is 9.32. The predicted octanol–water partition coefficient (Wildman–Crippen LogP) is 3.05. The van der Waals surface area contributed by atoms with Crippen LogP contribution in [0.2, 0.25) is 39.3 Å². The minimum absolute atomic E-state index is 0.0957. The Morgan fingerprint density at radius 3 is 1.77 bits per heavy atom. The van der Waals surface area contributed by atoms with Gasteiger partial charge in [0, 0.05) is 0 Å². The van der Waals surface area contributed by atoms with E-state index in [1.165, 1.54) is 6.26 Å². The van der Waals surface area contributed by atoms with Gasteiger partial charge in [-0.1, -0.05) is 0 Å². The van der Waals surface area contributed by atoms with Crippen LogP contribution in [0.1, 0.15) is 0 Å². The average molecular weight is 220 g/mol. The van der Waals surface area contributed by atoms with Crippen molar-refractivity contribution in [2.75, 3.05) is 0 Å². The van der Waals surface area contributed by atoms with Crippen molar-refractivity contribution in [2.24, 2.45) is 0 Å². The Kier molecular flexibility index (Phi) is 4.05. The minimum Gasteiger partial charge on any atom is -0.545 e. The van der Waals surface area contributed by atoms with Crippen molar-refractivity contribution < 1.29 is 14.0 Å². The molecule has 0 fully saturated rings. The lowest BCUT2D eigenvalue weighted by Crippen LogP contribution is -2.26. The third kappa shape index (κ3) is 9.49. The number of hydrogen-bond donors (Lipinski definition) is 1. The normalized spacial score (nSPS) is 14.2. The largest absolute Gasteiger partial charge is 0.545 e. The van der Waals surface area contributed by atoms with Gasteiger partial charge in [-0.05, 0) is 39.3 Å². The molecule has 0 aromatic rings. The van der Waals surface area contributed by atoms with E-state index in [-0.39, 0.29) is 5.95 Å². The van der Waals surface area contributed by atoms with Gasteiger partial charge in [-0.25, -0.2) is 0 Å². The first-order valence-corrected chi connectivity index (χ1v) is 11.2. The summed E-state index contributed by atoms with van der Waals surface area (Å²) in [5.74, 6) is -0.0957. The highest BCUT2D eigenvalue weighted by Gasteiger charge is 2.19. The Morgan fingerprint density at radius 1 is 1.00 bits per heavy atom. The topological polar surface area (TPSA) is 38.7 Å².